The van der Waals surface area contributed by atoms with Crippen molar-refractivity contribution in [3.63, 3.8) is 0 Å². The second-order valence-electron chi connectivity index (χ2n) is 5.46. The van der Waals surface area contributed by atoms with Crippen molar-refractivity contribution in [2.75, 3.05) is 12.4 Å². The summed E-state index contributed by atoms with van der Waals surface area (Å²) < 4.78 is 42.9. The molecule has 0 aliphatic carbocycles. The van der Waals surface area contributed by atoms with E-state index >= 15 is 0 Å². The van der Waals surface area contributed by atoms with Gasteiger partial charge in [0.2, 0.25) is 0 Å². The molecule has 0 saturated carbocycles. The number of benzene rings is 1. The number of halogens is 3. The van der Waals surface area contributed by atoms with Gasteiger partial charge in [0.1, 0.15) is 10.8 Å². The van der Waals surface area contributed by atoms with E-state index < -0.39 is 17.8 Å². The molecule has 1 unspecified atom stereocenters. The fourth-order valence-electron chi connectivity index (χ4n) is 2.56. The molecule has 0 bridgehead atoms. The van der Waals surface area contributed by atoms with E-state index in [9.17, 15) is 18.0 Å². The smallest absolute Gasteiger partial charge is 0.398 e. The summed E-state index contributed by atoms with van der Waals surface area (Å²) in [6, 6.07) is 10.1. The van der Waals surface area contributed by atoms with Crippen LogP contribution in [0.15, 0.2) is 47.6 Å². The number of aromatic nitrogens is 1. The van der Waals surface area contributed by atoms with Gasteiger partial charge in [-0.3, -0.25) is 4.79 Å². The zero-order valence-corrected chi connectivity index (χ0v) is 13.9. The summed E-state index contributed by atoms with van der Waals surface area (Å²) in [4.78, 5) is 16.5. The zero-order chi connectivity index (χ0) is 17.9. The van der Waals surface area contributed by atoms with Crippen LogP contribution in [-0.4, -0.2) is 29.4 Å². The minimum atomic E-state index is -4.32. The van der Waals surface area contributed by atoms with Gasteiger partial charge in [0.25, 0.3) is 5.91 Å². The fraction of sp³-hybridized carbons (Fsp3) is 0.294. The summed E-state index contributed by atoms with van der Waals surface area (Å²) in [5.41, 5.74) is 0.996. The van der Waals surface area contributed by atoms with E-state index in [0.29, 0.717) is 30.5 Å². The number of carbonyl (C=O) groups excluding carboxylic acids is 1. The average Bonchev–Trinajstić information content (AvgIpc) is 2.60. The van der Waals surface area contributed by atoms with Gasteiger partial charge in [-0.1, -0.05) is 30.0 Å². The number of fused-ring (bicyclic) bond motifs is 1. The van der Waals surface area contributed by atoms with Crippen molar-refractivity contribution in [3.05, 3.63) is 53.7 Å². The van der Waals surface area contributed by atoms with Crippen molar-refractivity contribution >= 4 is 17.7 Å². The van der Waals surface area contributed by atoms with E-state index in [-0.39, 0.29) is 16.6 Å². The Labute approximate surface area is 146 Å². The van der Waals surface area contributed by atoms with Crippen LogP contribution in [0.2, 0.25) is 0 Å². The monoisotopic (exact) mass is 368 g/mol. The minimum Gasteiger partial charge on any atom is -0.493 e. The Bertz CT molecular complexity index is 768. The van der Waals surface area contributed by atoms with E-state index in [2.05, 4.69) is 10.3 Å². The van der Waals surface area contributed by atoms with Gasteiger partial charge in [0, 0.05) is 18.2 Å². The lowest BCUT2D eigenvalue weighted by Crippen LogP contribution is -2.32. The molecule has 1 amide bonds. The topological polar surface area (TPSA) is 51.2 Å². The third-order valence-electron chi connectivity index (χ3n) is 3.65. The second kappa shape index (κ2) is 7.35. The van der Waals surface area contributed by atoms with Gasteiger partial charge in [0.05, 0.1) is 24.0 Å². The van der Waals surface area contributed by atoms with E-state index in [0.717, 1.165) is 5.56 Å². The Balaban J connectivity index is 1.76. The lowest BCUT2D eigenvalue weighted by atomic mass is 10.0. The first kappa shape index (κ1) is 17.6. The molecule has 3 rings (SSSR count). The quantitative estimate of drug-likeness (QED) is 0.829. The second-order valence-corrected chi connectivity index (χ2v) is 6.43. The molecule has 8 heteroatoms. The number of alkyl halides is 3. The number of amides is 1. The first-order valence-corrected chi connectivity index (χ1v) is 8.60. The fourth-order valence-corrected chi connectivity index (χ4v) is 3.31. The van der Waals surface area contributed by atoms with Crippen LogP contribution in [0.5, 0.6) is 5.75 Å². The molecule has 2 aromatic rings. The molecular formula is C17H15F3N2O2S. The molecule has 4 nitrogen and oxygen atoms in total. The summed E-state index contributed by atoms with van der Waals surface area (Å²) in [5.74, 6) is -0.832. The molecular weight excluding hydrogens is 353 g/mol. The van der Waals surface area contributed by atoms with Crippen molar-refractivity contribution in [2.45, 2.75) is 23.7 Å². The third kappa shape index (κ3) is 4.45. The van der Waals surface area contributed by atoms with Gasteiger partial charge in [-0.15, -0.1) is 0 Å². The number of para-hydroxylation sites is 1. The number of carbonyl (C=O) groups is 1. The van der Waals surface area contributed by atoms with Crippen LogP contribution in [0.4, 0.5) is 13.2 Å². The molecule has 1 aromatic heterocycles. The predicted octanol–water partition coefficient (Wildman–Crippen LogP) is 3.99. The van der Waals surface area contributed by atoms with Gasteiger partial charge in [-0.05, 0) is 18.2 Å². The van der Waals surface area contributed by atoms with E-state index in [1.165, 1.54) is 18.3 Å². The number of thioether (sulfide) groups is 1. The highest BCUT2D eigenvalue weighted by molar-refractivity contribution is 7.99. The lowest BCUT2D eigenvalue weighted by molar-refractivity contribution is -0.105. The van der Waals surface area contributed by atoms with Gasteiger partial charge < -0.3 is 10.1 Å². The first-order chi connectivity index (χ1) is 11.9. The number of rotatable bonds is 4. The van der Waals surface area contributed by atoms with E-state index in [4.69, 9.17) is 4.74 Å². The molecule has 0 fully saturated rings. The van der Waals surface area contributed by atoms with Crippen LogP contribution in [0.1, 0.15) is 28.4 Å². The molecule has 132 valence electrons. The van der Waals surface area contributed by atoms with Crippen LogP contribution < -0.4 is 10.1 Å². The molecule has 0 saturated heterocycles. The number of pyridine rings is 1. The Morgan fingerprint density at radius 3 is 2.88 bits per heavy atom. The van der Waals surface area contributed by atoms with Crippen molar-refractivity contribution in [1.82, 2.24) is 10.3 Å². The molecule has 2 heterocycles. The molecule has 0 spiro atoms. The largest absolute Gasteiger partial charge is 0.493 e. The van der Waals surface area contributed by atoms with E-state index in [1.54, 1.807) is 0 Å². The average molecular weight is 368 g/mol. The van der Waals surface area contributed by atoms with Crippen molar-refractivity contribution in [2.24, 2.45) is 0 Å². The van der Waals surface area contributed by atoms with Gasteiger partial charge >= 0.3 is 6.18 Å². The third-order valence-corrected chi connectivity index (χ3v) is 4.72. The van der Waals surface area contributed by atoms with Crippen LogP contribution in [-0.2, 0) is 0 Å². The molecule has 1 N–H and O–H groups in total. The molecule has 1 aliphatic heterocycles. The van der Waals surface area contributed by atoms with Crippen LogP contribution in [0, 0.1) is 0 Å². The maximum absolute atomic E-state index is 12.6. The highest BCUT2D eigenvalue weighted by Crippen LogP contribution is 2.32. The Morgan fingerprint density at radius 1 is 1.28 bits per heavy atom. The number of hydrogen-bond acceptors (Lipinski definition) is 4. The molecule has 1 atom stereocenters. The minimum absolute atomic E-state index is 0.0673. The highest BCUT2D eigenvalue weighted by atomic mass is 32.2. The van der Waals surface area contributed by atoms with Gasteiger partial charge in [0.15, 0.2) is 0 Å². The molecule has 0 radical (unpaired) electrons. The standard InChI is InChI=1S/C17H15F3N2O2S/c18-17(19,20)10-25-16-12(5-3-8-21-16)15(23)22-13-7-9-24-14-6-2-1-4-11(13)14/h1-6,8,13H,7,9-10H2,(H,22,23). The lowest BCUT2D eigenvalue weighted by Gasteiger charge is -2.26. The Morgan fingerprint density at radius 2 is 2.08 bits per heavy atom. The van der Waals surface area contributed by atoms with Crippen LogP contribution in [0.25, 0.3) is 0 Å². The van der Waals surface area contributed by atoms with Crippen molar-refractivity contribution < 1.29 is 22.7 Å². The normalized spacial score (nSPS) is 16.7. The maximum Gasteiger partial charge on any atom is 0.398 e. The zero-order valence-electron chi connectivity index (χ0n) is 13.0. The van der Waals surface area contributed by atoms with Crippen LogP contribution in [0.3, 0.4) is 0 Å². The first-order valence-electron chi connectivity index (χ1n) is 7.61. The molecule has 1 aromatic carbocycles. The van der Waals surface area contributed by atoms with E-state index in [1.807, 2.05) is 24.3 Å². The van der Waals surface area contributed by atoms with Crippen molar-refractivity contribution in [1.29, 1.82) is 0 Å². The van der Waals surface area contributed by atoms with Crippen LogP contribution >= 0.6 is 11.8 Å². The van der Waals surface area contributed by atoms with Gasteiger partial charge in [-0.25, -0.2) is 4.98 Å². The number of nitrogens with one attached hydrogen (secondary N) is 1. The maximum atomic E-state index is 12.6. The number of hydrogen-bond donors (Lipinski definition) is 1. The summed E-state index contributed by atoms with van der Waals surface area (Å²) >= 11 is 0.508. The van der Waals surface area contributed by atoms with Gasteiger partial charge in [-0.2, -0.15) is 13.2 Å². The summed E-state index contributed by atoms with van der Waals surface area (Å²) in [6.45, 7) is 0.463. The molecule has 25 heavy (non-hydrogen) atoms. The summed E-state index contributed by atoms with van der Waals surface area (Å²) in [7, 11) is 0. The predicted molar refractivity (Wildman–Crippen MR) is 87.8 cm³/mol. The summed E-state index contributed by atoms with van der Waals surface area (Å²) in [5, 5.41) is 2.94. The number of nitrogens with zero attached hydrogens (tertiary/aromatic N) is 1. The molecule has 1 aliphatic rings. The number of ether oxygens (including phenoxy) is 1. The highest BCUT2D eigenvalue weighted by Gasteiger charge is 2.29. The summed E-state index contributed by atoms with van der Waals surface area (Å²) in [6.07, 6.45) is -2.36. The Hall–Kier alpha value is -2.22. The SMILES string of the molecule is O=C(NC1CCOc2ccccc21)c1cccnc1SCC(F)(F)F. The Kier molecular flexibility index (Phi) is 5.17. The van der Waals surface area contributed by atoms with Crippen molar-refractivity contribution in [3.8, 4) is 5.75 Å².